The van der Waals surface area contributed by atoms with Crippen molar-refractivity contribution in [3.8, 4) is 11.5 Å². The van der Waals surface area contributed by atoms with Crippen molar-refractivity contribution in [1.82, 2.24) is 14.9 Å². The van der Waals surface area contributed by atoms with Gasteiger partial charge in [0.1, 0.15) is 6.61 Å². The average Bonchev–Trinajstić information content (AvgIpc) is 3.26. The lowest BCUT2D eigenvalue weighted by Gasteiger charge is -2.30. The Morgan fingerprint density at radius 1 is 1.11 bits per heavy atom. The minimum Gasteiger partial charge on any atom is -0.485 e. The number of hydrogen-bond acceptors (Lipinski definition) is 4. The maximum atomic E-state index is 13.2. The van der Waals surface area contributed by atoms with E-state index in [0.717, 1.165) is 18.5 Å². The van der Waals surface area contributed by atoms with Crippen LogP contribution < -0.4 is 9.47 Å². The molecule has 1 aliphatic heterocycles. The van der Waals surface area contributed by atoms with Gasteiger partial charge in [-0.1, -0.05) is 42.5 Å². The Bertz CT molecular complexity index is 896. The average molecular weight is 377 g/mol. The van der Waals surface area contributed by atoms with Crippen molar-refractivity contribution in [2.24, 2.45) is 0 Å². The van der Waals surface area contributed by atoms with Crippen LogP contribution in [0.15, 0.2) is 67.1 Å². The van der Waals surface area contributed by atoms with E-state index in [0.29, 0.717) is 24.6 Å². The Labute approximate surface area is 164 Å². The SMILES string of the molecule is O=C(C1COc2ccccc2O1)N(CCCc1ccccc1)Cc1cnc[nH]1. The van der Waals surface area contributed by atoms with E-state index in [1.807, 2.05) is 47.4 Å². The fraction of sp³-hybridized carbons (Fsp3) is 0.273. The zero-order valence-electron chi connectivity index (χ0n) is 15.6. The summed E-state index contributed by atoms with van der Waals surface area (Å²) in [6.45, 7) is 1.32. The molecule has 4 rings (SSSR count). The third-order valence-corrected chi connectivity index (χ3v) is 4.75. The van der Waals surface area contributed by atoms with E-state index < -0.39 is 6.10 Å². The highest BCUT2D eigenvalue weighted by molar-refractivity contribution is 5.82. The lowest BCUT2D eigenvalue weighted by atomic mass is 10.1. The number of aryl methyl sites for hydroxylation is 1. The predicted octanol–water partition coefficient (Wildman–Crippen LogP) is 3.21. The van der Waals surface area contributed by atoms with Gasteiger partial charge in [0.25, 0.3) is 5.91 Å². The predicted molar refractivity (Wildman–Crippen MR) is 105 cm³/mol. The maximum Gasteiger partial charge on any atom is 0.267 e. The molecule has 0 saturated carbocycles. The van der Waals surface area contributed by atoms with Crippen molar-refractivity contribution in [1.29, 1.82) is 0 Å². The number of benzene rings is 2. The molecular weight excluding hydrogens is 354 g/mol. The molecule has 0 saturated heterocycles. The first-order chi connectivity index (χ1) is 13.8. The van der Waals surface area contributed by atoms with Gasteiger partial charge < -0.3 is 19.4 Å². The second-order valence-corrected chi connectivity index (χ2v) is 6.79. The fourth-order valence-corrected chi connectivity index (χ4v) is 3.31. The van der Waals surface area contributed by atoms with Crippen LogP contribution in [0.4, 0.5) is 0 Å². The van der Waals surface area contributed by atoms with Crippen LogP contribution in [0.3, 0.4) is 0 Å². The summed E-state index contributed by atoms with van der Waals surface area (Å²) in [5.41, 5.74) is 2.16. The molecule has 1 aromatic heterocycles. The topological polar surface area (TPSA) is 67.5 Å². The molecule has 0 spiro atoms. The molecule has 1 atom stereocenters. The third-order valence-electron chi connectivity index (χ3n) is 4.75. The summed E-state index contributed by atoms with van der Waals surface area (Å²) in [7, 11) is 0. The molecule has 1 aliphatic rings. The number of nitrogens with one attached hydrogen (secondary N) is 1. The molecule has 1 amide bonds. The lowest BCUT2D eigenvalue weighted by Crippen LogP contribution is -2.46. The summed E-state index contributed by atoms with van der Waals surface area (Å²) < 4.78 is 11.6. The van der Waals surface area contributed by atoms with E-state index >= 15 is 0 Å². The number of nitrogens with zero attached hydrogens (tertiary/aromatic N) is 2. The Morgan fingerprint density at radius 2 is 1.89 bits per heavy atom. The van der Waals surface area contributed by atoms with Crippen LogP contribution in [0.5, 0.6) is 11.5 Å². The number of carbonyl (C=O) groups is 1. The number of H-pyrrole nitrogens is 1. The summed E-state index contributed by atoms with van der Waals surface area (Å²) in [5.74, 6) is 1.21. The zero-order chi connectivity index (χ0) is 19.2. The normalized spacial score (nSPS) is 15.2. The second kappa shape index (κ2) is 8.61. The quantitative estimate of drug-likeness (QED) is 0.687. The molecule has 1 unspecified atom stereocenters. The van der Waals surface area contributed by atoms with Crippen LogP contribution in [-0.2, 0) is 17.8 Å². The minimum absolute atomic E-state index is 0.0721. The van der Waals surface area contributed by atoms with Gasteiger partial charge in [0.15, 0.2) is 11.5 Å². The standard InChI is InChI=1S/C22H23N3O3/c26-22(21-15-27-19-10-4-5-11-20(19)28-21)25(14-18-13-23-16-24-18)12-6-9-17-7-2-1-3-8-17/h1-5,7-8,10-11,13,16,21H,6,9,12,14-15H2,(H,23,24). The fourth-order valence-electron chi connectivity index (χ4n) is 3.31. The number of hydrogen-bond donors (Lipinski definition) is 1. The number of fused-ring (bicyclic) bond motifs is 1. The molecule has 0 radical (unpaired) electrons. The first-order valence-electron chi connectivity index (χ1n) is 9.48. The molecule has 144 valence electrons. The Balaban J connectivity index is 1.42. The highest BCUT2D eigenvalue weighted by Gasteiger charge is 2.31. The Kier molecular flexibility index (Phi) is 5.56. The van der Waals surface area contributed by atoms with E-state index in [9.17, 15) is 4.79 Å². The molecule has 6 heteroatoms. The molecule has 28 heavy (non-hydrogen) atoms. The maximum absolute atomic E-state index is 13.2. The zero-order valence-corrected chi connectivity index (χ0v) is 15.6. The number of ether oxygens (including phenoxy) is 2. The Morgan fingerprint density at radius 3 is 2.68 bits per heavy atom. The molecule has 1 N–H and O–H groups in total. The van der Waals surface area contributed by atoms with Crippen molar-refractivity contribution in [3.05, 3.63) is 78.4 Å². The highest BCUT2D eigenvalue weighted by Crippen LogP contribution is 2.31. The van der Waals surface area contributed by atoms with E-state index in [1.54, 1.807) is 12.5 Å². The minimum atomic E-state index is -0.644. The van der Waals surface area contributed by atoms with Crippen molar-refractivity contribution < 1.29 is 14.3 Å². The van der Waals surface area contributed by atoms with Gasteiger partial charge in [-0.15, -0.1) is 0 Å². The Hall–Kier alpha value is -3.28. The molecular formula is C22H23N3O3. The molecule has 3 aromatic rings. The molecule has 2 heterocycles. The molecule has 0 aliphatic carbocycles. The summed E-state index contributed by atoms with van der Waals surface area (Å²) in [5, 5.41) is 0. The van der Waals surface area contributed by atoms with Crippen molar-refractivity contribution in [2.75, 3.05) is 13.2 Å². The largest absolute Gasteiger partial charge is 0.485 e. The first-order valence-corrected chi connectivity index (χ1v) is 9.48. The van der Waals surface area contributed by atoms with Gasteiger partial charge in [0.05, 0.1) is 18.6 Å². The number of para-hydroxylation sites is 2. The first kappa shape index (κ1) is 18.1. The molecule has 2 aromatic carbocycles. The number of amides is 1. The number of carbonyl (C=O) groups excluding carboxylic acids is 1. The van der Waals surface area contributed by atoms with Gasteiger partial charge in [0.2, 0.25) is 6.10 Å². The lowest BCUT2D eigenvalue weighted by molar-refractivity contribution is -0.142. The molecule has 0 fully saturated rings. The molecule has 0 bridgehead atoms. The number of aromatic nitrogens is 2. The molecule has 6 nitrogen and oxygen atoms in total. The van der Waals surface area contributed by atoms with Gasteiger partial charge in [-0.25, -0.2) is 4.98 Å². The van der Waals surface area contributed by atoms with Gasteiger partial charge in [-0.2, -0.15) is 0 Å². The van der Waals surface area contributed by atoms with E-state index in [-0.39, 0.29) is 12.5 Å². The summed E-state index contributed by atoms with van der Waals surface area (Å²) in [6, 6.07) is 17.7. The van der Waals surface area contributed by atoms with Gasteiger partial charge >= 0.3 is 0 Å². The number of imidazole rings is 1. The van der Waals surface area contributed by atoms with E-state index in [2.05, 4.69) is 22.1 Å². The van der Waals surface area contributed by atoms with E-state index in [1.165, 1.54) is 5.56 Å². The summed E-state index contributed by atoms with van der Waals surface area (Å²) >= 11 is 0. The highest BCUT2D eigenvalue weighted by atomic mass is 16.6. The van der Waals surface area contributed by atoms with Gasteiger partial charge in [0, 0.05) is 12.7 Å². The van der Waals surface area contributed by atoms with Gasteiger partial charge in [-0.05, 0) is 30.5 Å². The smallest absolute Gasteiger partial charge is 0.267 e. The number of rotatable bonds is 7. The van der Waals surface area contributed by atoms with Crippen LogP contribution in [0.25, 0.3) is 0 Å². The summed E-state index contributed by atoms with van der Waals surface area (Å²) in [6.07, 6.45) is 4.50. The van der Waals surface area contributed by atoms with Crippen LogP contribution >= 0.6 is 0 Å². The third kappa shape index (κ3) is 4.34. The van der Waals surface area contributed by atoms with Crippen LogP contribution in [-0.4, -0.2) is 40.0 Å². The second-order valence-electron chi connectivity index (χ2n) is 6.79. The van der Waals surface area contributed by atoms with Gasteiger partial charge in [-0.3, -0.25) is 4.79 Å². The monoisotopic (exact) mass is 377 g/mol. The van der Waals surface area contributed by atoms with Crippen LogP contribution in [0.2, 0.25) is 0 Å². The van der Waals surface area contributed by atoms with Crippen LogP contribution in [0, 0.1) is 0 Å². The van der Waals surface area contributed by atoms with Crippen LogP contribution in [0.1, 0.15) is 17.7 Å². The number of aromatic amines is 1. The van der Waals surface area contributed by atoms with Crippen molar-refractivity contribution in [3.63, 3.8) is 0 Å². The van der Waals surface area contributed by atoms with E-state index in [4.69, 9.17) is 9.47 Å². The van der Waals surface area contributed by atoms with Crippen molar-refractivity contribution >= 4 is 5.91 Å². The summed E-state index contributed by atoms with van der Waals surface area (Å²) in [4.78, 5) is 22.1. The van der Waals surface area contributed by atoms with Crippen molar-refractivity contribution in [2.45, 2.75) is 25.5 Å².